The average molecular weight is 241 g/mol. The largest absolute Gasteiger partial charge is 0.357 e. The fourth-order valence-electron chi connectivity index (χ4n) is 1.62. The van der Waals surface area contributed by atoms with E-state index in [2.05, 4.69) is 10.6 Å². The summed E-state index contributed by atoms with van der Waals surface area (Å²) in [4.78, 5) is 0. The van der Waals surface area contributed by atoms with Crippen molar-refractivity contribution in [3.63, 3.8) is 0 Å². The molecule has 2 saturated heterocycles. The van der Waals surface area contributed by atoms with E-state index >= 15 is 0 Å². The van der Waals surface area contributed by atoms with Gasteiger partial charge < -0.3 is 14.8 Å². The minimum atomic E-state index is 0.0263. The highest BCUT2D eigenvalue weighted by atomic mass is 35.5. The van der Waals surface area contributed by atoms with Crippen molar-refractivity contribution in [3.8, 4) is 0 Å². The number of hydrogen-bond donors (Lipinski definition) is 2. The maximum absolute atomic E-state index is 5.64. The van der Waals surface area contributed by atoms with Crippen LogP contribution in [0.5, 0.6) is 0 Å². The summed E-state index contributed by atoms with van der Waals surface area (Å²) < 4.78 is 10.7. The molecule has 0 aliphatic carbocycles. The first-order valence-electron chi connectivity index (χ1n) is 5.31. The molecule has 86 valence electrons. The van der Waals surface area contributed by atoms with E-state index in [0.717, 1.165) is 5.69 Å². The second-order valence-corrected chi connectivity index (χ2v) is 4.21. The Morgan fingerprint density at radius 3 is 2.56 bits per heavy atom. The lowest BCUT2D eigenvalue weighted by Crippen LogP contribution is -2.27. The van der Waals surface area contributed by atoms with Gasteiger partial charge in [0.15, 0.2) is 12.5 Å². The van der Waals surface area contributed by atoms with Gasteiger partial charge >= 0.3 is 0 Å². The summed E-state index contributed by atoms with van der Waals surface area (Å²) in [5.41, 5.74) is 1.06. The summed E-state index contributed by atoms with van der Waals surface area (Å²) in [6, 6.07) is 9.97. The Morgan fingerprint density at radius 1 is 1.06 bits per heavy atom. The molecule has 1 aromatic rings. The van der Waals surface area contributed by atoms with Crippen LogP contribution >= 0.6 is 11.6 Å². The Hall–Kier alpha value is -0.810. The monoisotopic (exact) mass is 240 g/mol. The number of epoxide rings is 2. The highest BCUT2D eigenvalue weighted by molar-refractivity contribution is 6.18. The molecular formula is C11H13ClN2O2. The summed E-state index contributed by atoms with van der Waals surface area (Å²) in [5.74, 6) is 0.529. The lowest BCUT2D eigenvalue weighted by molar-refractivity contribution is 0.298. The van der Waals surface area contributed by atoms with Gasteiger partial charge in [-0.1, -0.05) is 18.2 Å². The SMILES string of the molecule is ClCC1OC1NC1OC1Nc1ccccc1. The van der Waals surface area contributed by atoms with Gasteiger partial charge in [-0.15, -0.1) is 11.6 Å². The highest BCUT2D eigenvalue weighted by Crippen LogP contribution is 2.27. The molecule has 2 aliphatic heterocycles. The summed E-state index contributed by atoms with van der Waals surface area (Å²) in [5, 5.41) is 6.47. The number of ether oxygens (including phenoxy) is 2. The van der Waals surface area contributed by atoms with Gasteiger partial charge in [0.25, 0.3) is 0 Å². The summed E-state index contributed by atoms with van der Waals surface area (Å²) in [6.07, 6.45) is 0.259. The number of anilines is 1. The number of nitrogens with one attached hydrogen (secondary N) is 2. The van der Waals surface area contributed by atoms with Crippen LogP contribution in [0.25, 0.3) is 0 Å². The van der Waals surface area contributed by atoms with Crippen molar-refractivity contribution in [2.24, 2.45) is 0 Å². The standard InChI is InChI=1S/C11H13ClN2O2/c12-6-8-9(15-8)14-11-10(16-11)13-7-4-2-1-3-5-7/h1-5,8-11,13-14H,6H2. The smallest absolute Gasteiger partial charge is 0.170 e. The molecule has 0 bridgehead atoms. The lowest BCUT2D eigenvalue weighted by Gasteiger charge is -2.01. The van der Waals surface area contributed by atoms with E-state index in [1.807, 2.05) is 30.3 Å². The predicted molar refractivity (Wildman–Crippen MR) is 61.2 cm³/mol. The zero-order chi connectivity index (χ0) is 11.0. The van der Waals surface area contributed by atoms with Crippen LogP contribution in [0.4, 0.5) is 5.69 Å². The first-order chi connectivity index (χ1) is 7.86. The first-order valence-corrected chi connectivity index (χ1v) is 5.85. The molecule has 0 aromatic heterocycles. The molecule has 2 aliphatic rings. The van der Waals surface area contributed by atoms with Gasteiger partial charge in [-0.05, 0) is 12.1 Å². The average Bonchev–Trinajstić information content (AvgIpc) is 3.21. The molecular weight excluding hydrogens is 228 g/mol. The van der Waals surface area contributed by atoms with Crippen LogP contribution in [-0.4, -0.2) is 30.7 Å². The third-order valence-corrected chi connectivity index (χ3v) is 2.94. The zero-order valence-electron chi connectivity index (χ0n) is 8.60. The highest BCUT2D eigenvalue weighted by Gasteiger charge is 2.47. The Labute approximate surface area is 98.9 Å². The van der Waals surface area contributed by atoms with Crippen molar-refractivity contribution >= 4 is 17.3 Å². The van der Waals surface area contributed by atoms with Crippen molar-refractivity contribution in [2.45, 2.75) is 24.8 Å². The van der Waals surface area contributed by atoms with Crippen LogP contribution in [0.15, 0.2) is 30.3 Å². The fraction of sp³-hybridized carbons (Fsp3) is 0.455. The van der Waals surface area contributed by atoms with Gasteiger partial charge in [-0.2, -0.15) is 0 Å². The van der Waals surface area contributed by atoms with Crippen LogP contribution in [0.3, 0.4) is 0 Å². The fourth-order valence-corrected chi connectivity index (χ4v) is 1.85. The van der Waals surface area contributed by atoms with Gasteiger partial charge in [-0.3, -0.25) is 5.32 Å². The van der Waals surface area contributed by atoms with E-state index in [1.165, 1.54) is 0 Å². The number of alkyl halides is 1. The zero-order valence-corrected chi connectivity index (χ0v) is 9.35. The number of hydrogen-bond acceptors (Lipinski definition) is 4. The molecule has 3 rings (SSSR count). The van der Waals surface area contributed by atoms with E-state index in [4.69, 9.17) is 21.1 Å². The van der Waals surface area contributed by atoms with Crippen molar-refractivity contribution in [1.29, 1.82) is 0 Å². The van der Waals surface area contributed by atoms with Crippen LogP contribution < -0.4 is 10.6 Å². The third-order valence-electron chi connectivity index (χ3n) is 2.64. The number of rotatable bonds is 5. The van der Waals surface area contributed by atoms with Crippen molar-refractivity contribution in [2.75, 3.05) is 11.2 Å². The molecule has 1 aromatic carbocycles. The Bertz CT molecular complexity index is 362. The minimum Gasteiger partial charge on any atom is -0.357 e. The molecule has 16 heavy (non-hydrogen) atoms. The predicted octanol–water partition coefficient (Wildman–Crippen LogP) is 1.33. The Balaban J connectivity index is 1.43. The van der Waals surface area contributed by atoms with Crippen molar-refractivity contribution in [3.05, 3.63) is 30.3 Å². The number of halogens is 1. The quantitative estimate of drug-likeness (QED) is 0.602. The summed E-state index contributed by atoms with van der Waals surface area (Å²) in [6.45, 7) is 0. The topological polar surface area (TPSA) is 49.1 Å². The van der Waals surface area contributed by atoms with Crippen LogP contribution in [0.1, 0.15) is 0 Å². The van der Waals surface area contributed by atoms with Crippen LogP contribution in [-0.2, 0) is 9.47 Å². The van der Waals surface area contributed by atoms with Gasteiger partial charge in [0.2, 0.25) is 0 Å². The number of benzene rings is 1. The maximum Gasteiger partial charge on any atom is 0.170 e. The van der Waals surface area contributed by atoms with E-state index < -0.39 is 0 Å². The Morgan fingerprint density at radius 2 is 1.88 bits per heavy atom. The van der Waals surface area contributed by atoms with Crippen molar-refractivity contribution in [1.82, 2.24) is 5.32 Å². The lowest BCUT2D eigenvalue weighted by atomic mass is 10.3. The normalized spacial score (nSPS) is 35.8. The molecule has 2 N–H and O–H groups in total. The minimum absolute atomic E-state index is 0.0263. The van der Waals surface area contributed by atoms with Gasteiger partial charge in [0.05, 0.1) is 5.88 Å². The summed E-state index contributed by atoms with van der Waals surface area (Å²) in [7, 11) is 0. The molecule has 2 fully saturated rings. The molecule has 0 saturated carbocycles. The maximum atomic E-state index is 5.64. The van der Waals surface area contributed by atoms with Gasteiger partial charge in [-0.25, -0.2) is 0 Å². The second-order valence-electron chi connectivity index (χ2n) is 3.90. The first kappa shape index (κ1) is 10.4. The second kappa shape index (κ2) is 4.22. The molecule has 0 amide bonds. The van der Waals surface area contributed by atoms with Gasteiger partial charge in [0.1, 0.15) is 12.3 Å². The van der Waals surface area contributed by atoms with E-state index in [9.17, 15) is 0 Å². The molecule has 2 heterocycles. The number of para-hydroxylation sites is 1. The van der Waals surface area contributed by atoms with E-state index in [-0.39, 0.29) is 24.8 Å². The molecule has 4 atom stereocenters. The van der Waals surface area contributed by atoms with Crippen LogP contribution in [0.2, 0.25) is 0 Å². The van der Waals surface area contributed by atoms with E-state index in [1.54, 1.807) is 0 Å². The van der Waals surface area contributed by atoms with Crippen LogP contribution in [0, 0.1) is 0 Å². The molecule has 0 radical (unpaired) electrons. The van der Waals surface area contributed by atoms with Crippen molar-refractivity contribution < 1.29 is 9.47 Å². The summed E-state index contributed by atoms with van der Waals surface area (Å²) >= 11 is 5.64. The molecule has 0 spiro atoms. The third kappa shape index (κ3) is 2.30. The Kier molecular flexibility index (Phi) is 2.73. The molecule has 4 nitrogen and oxygen atoms in total. The molecule has 4 unspecified atom stereocenters. The van der Waals surface area contributed by atoms with E-state index in [0.29, 0.717) is 5.88 Å². The van der Waals surface area contributed by atoms with Gasteiger partial charge in [0, 0.05) is 5.69 Å². The molecule has 5 heteroatoms.